The zero-order valence-corrected chi connectivity index (χ0v) is 38.1. The van der Waals surface area contributed by atoms with E-state index in [4.69, 9.17) is 30.4 Å². The Labute approximate surface area is 407 Å². The van der Waals surface area contributed by atoms with E-state index in [1.807, 2.05) is 0 Å². The number of anilines is 2. The van der Waals surface area contributed by atoms with E-state index >= 15 is 0 Å². The van der Waals surface area contributed by atoms with Gasteiger partial charge in [-0.2, -0.15) is 43.9 Å². The van der Waals surface area contributed by atoms with Crippen molar-refractivity contribution in [3.8, 4) is 22.6 Å². The van der Waals surface area contributed by atoms with Gasteiger partial charge in [0.25, 0.3) is 0 Å². The second kappa shape index (κ2) is 23.4. The van der Waals surface area contributed by atoms with Crippen LogP contribution in [0, 0.1) is 0 Å². The largest absolute Gasteiger partial charge is 0.458 e. The van der Waals surface area contributed by atoms with Crippen LogP contribution in [0.15, 0.2) is 146 Å². The van der Waals surface area contributed by atoms with Gasteiger partial charge in [0.2, 0.25) is 0 Å². The highest BCUT2D eigenvalue weighted by molar-refractivity contribution is 5.88. The number of nitrogens with two attached hydrogens (primary N) is 2. The lowest BCUT2D eigenvalue weighted by molar-refractivity contribution is -0.186. The van der Waals surface area contributed by atoms with Gasteiger partial charge < -0.3 is 30.4 Å². The Morgan fingerprint density at radius 2 is 0.806 bits per heavy atom. The fraction of sp³-hybridized carbons (Fsp3) is 0.222. The molecule has 0 aliphatic rings. The van der Waals surface area contributed by atoms with E-state index in [1.54, 1.807) is 36.4 Å². The van der Waals surface area contributed by atoms with Gasteiger partial charge >= 0.3 is 36.5 Å². The molecule has 378 valence electrons. The van der Waals surface area contributed by atoms with Crippen LogP contribution >= 0.6 is 0 Å². The number of hydrogen-bond acceptors (Lipinski definition) is 8. The number of esters is 2. The van der Waals surface area contributed by atoms with Gasteiger partial charge in [0, 0.05) is 36.4 Å². The molecule has 0 heterocycles. The van der Waals surface area contributed by atoms with Crippen molar-refractivity contribution in [3.63, 3.8) is 0 Å². The highest BCUT2D eigenvalue weighted by atomic mass is 19.4. The molecule has 0 spiro atoms. The Morgan fingerprint density at radius 3 is 1.14 bits per heavy atom. The summed E-state index contributed by atoms with van der Waals surface area (Å²) >= 11 is 0. The fourth-order valence-corrected chi connectivity index (χ4v) is 7.14. The van der Waals surface area contributed by atoms with Gasteiger partial charge in [0.05, 0.1) is 11.1 Å². The summed E-state index contributed by atoms with van der Waals surface area (Å²) in [5.74, 6) is -1.87. The summed E-state index contributed by atoms with van der Waals surface area (Å²) in [5.41, 5.74) is 15.9. The standard InChI is InChI=1S/C54H46F10N2O6/c55-51(56,57)29-1-3-35-5-15-41(16-6-35)53(61,62)71-45-21-9-37(10-22-45)13-27-49(67)69-33-39-31-43(65)19-25-47(39)48-26-20-44(66)32-40(48)34-70-50(68)28-14-38-11-23-46(24-12-38)72-54(63,64)42-17-7-36(8-18-42)4-2-30-52(58,59)60/h5-28,31-32H,1-4,29-30,33-34,65-66H2/b27-13+,28-14+. The number of halogens is 10. The molecular weight excluding hydrogens is 963 g/mol. The monoisotopic (exact) mass is 1010 g/mol. The average molecular weight is 1010 g/mol. The summed E-state index contributed by atoms with van der Waals surface area (Å²) < 4.78 is 155. The van der Waals surface area contributed by atoms with Crippen molar-refractivity contribution in [2.75, 3.05) is 11.5 Å². The summed E-state index contributed by atoms with van der Waals surface area (Å²) in [6.45, 7) is -0.477. The summed E-state index contributed by atoms with van der Waals surface area (Å²) in [5, 5.41) is 0. The molecule has 0 aromatic heterocycles. The van der Waals surface area contributed by atoms with Gasteiger partial charge in [0.1, 0.15) is 24.7 Å². The smallest absolute Gasteiger partial charge is 0.426 e. The Balaban J connectivity index is 1.00. The molecule has 0 amide bonds. The van der Waals surface area contributed by atoms with Crippen molar-refractivity contribution in [1.82, 2.24) is 0 Å². The quantitative estimate of drug-likeness (QED) is 0.0316. The van der Waals surface area contributed by atoms with E-state index in [9.17, 15) is 53.5 Å². The number of nitrogen functional groups attached to an aromatic ring is 2. The van der Waals surface area contributed by atoms with Crippen LogP contribution in [0.2, 0.25) is 0 Å². The number of carbonyl (C=O) groups is 2. The number of rotatable bonds is 21. The summed E-state index contributed by atoms with van der Waals surface area (Å²) in [7, 11) is 0. The first-order valence-corrected chi connectivity index (χ1v) is 22.1. The lowest BCUT2D eigenvalue weighted by Gasteiger charge is -2.18. The number of hydrogen-bond donors (Lipinski definition) is 2. The first kappa shape index (κ1) is 53.6. The Morgan fingerprint density at radius 1 is 0.458 bits per heavy atom. The molecule has 6 rings (SSSR count). The molecular formula is C54H46F10N2O6. The maximum atomic E-state index is 14.9. The first-order valence-electron chi connectivity index (χ1n) is 22.1. The minimum Gasteiger partial charge on any atom is -0.458 e. The second-order valence-corrected chi connectivity index (χ2v) is 16.4. The topological polar surface area (TPSA) is 123 Å². The molecule has 0 atom stereocenters. The normalized spacial score (nSPS) is 12.3. The van der Waals surface area contributed by atoms with Crippen LogP contribution in [0.25, 0.3) is 23.3 Å². The Kier molecular flexibility index (Phi) is 17.4. The predicted molar refractivity (Wildman–Crippen MR) is 251 cm³/mol. The average Bonchev–Trinajstić information content (AvgIpc) is 3.32. The minimum absolute atomic E-state index is 0.0786. The van der Waals surface area contributed by atoms with Gasteiger partial charge in [-0.25, -0.2) is 9.59 Å². The molecule has 0 aliphatic heterocycles. The van der Waals surface area contributed by atoms with Crippen LogP contribution in [-0.4, -0.2) is 24.3 Å². The van der Waals surface area contributed by atoms with Gasteiger partial charge in [-0.15, -0.1) is 0 Å². The van der Waals surface area contributed by atoms with E-state index in [-0.39, 0.29) is 50.4 Å². The molecule has 4 N–H and O–H groups in total. The van der Waals surface area contributed by atoms with Gasteiger partial charge in [-0.3, -0.25) is 0 Å². The van der Waals surface area contributed by atoms with Gasteiger partial charge in [-0.05, 0) is 155 Å². The number of aryl methyl sites for hydroxylation is 2. The van der Waals surface area contributed by atoms with Crippen LogP contribution in [0.3, 0.4) is 0 Å². The number of carbonyl (C=O) groups excluding carboxylic acids is 2. The molecule has 0 unspecified atom stereocenters. The van der Waals surface area contributed by atoms with Crippen molar-refractivity contribution in [1.29, 1.82) is 0 Å². The third-order valence-electron chi connectivity index (χ3n) is 10.8. The molecule has 0 bridgehead atoms. The SMILES string of the molecule is Nc1ccc(-c2ccc(N)cc2COC(=O)/C=C/c2ccc(OC(F)(F)c3ccc(CCCC(F)(F)F)cc3)cc2)c(COC(=O)/C=C/c2ccc(OC(F)(F)c3ccc(CCCC(F)(F)F)cc3)cc2)c1. The van der Waals surface area contributed by atoms with Crippen molar-refractivity contribution in [3.05, 3.63) is 190 Å². The third-order valence-corrected chi connectivity index (χ3v) is 10.8. The molecule has 6 aromatic rings. The van der Waals surface area contributed by atoms with Crippen molar-refractivity contribution < 1.29 is 72.4 Å². The lowest BCUT2D eigenvalue weighted by atomic mass is 9.95. The van der Waals surface area contributed by atoms with Crippen LogP contribution in [0.5, 0.6) is 11.5 Å². The predicted octanol–water partition coefficient (Wildman–Crippen LogP) is 14.1. The summed E-state index contributed by atoms with van der Waals surface area (Å²) in [6, 6.07) is 30.4. The van der Waals surface area contributed by atoms with E-state index in [2.05, 4.69) is 0 Å². The Bertz CT molecular complexity index is 2630. The van der Waals surface area contributed by atoms with E-state index < -0.39 is 60.5 Å². The molecule has 72 heavy (non-hydrogen) atoms. The molecule has 0 saturated heterocycles. The molecule has 8 nitrogen and oxygen atoms in total. The van der Waals surface area contributed by atoms with Crippen molar-refractivity contribution in [2.45, 2.75) is 76.3 Å². The molecule has 6 aromatic carbocycles. The van der Waals surface area contributed by atoms with E-state index in [0.29, 0.717) is 55.9 Å². The fourth-order valence-electron chi connectivity index (χ4n) is 7.14. The molecule has 0 saturated carbocycles. The number of benzene rings is 6. The number of ether oxygens (including phenoxy) is 4. The van der Waals surface area contributed by atoms with E-state index in [0.717, 1.165) is 36.4 Å². The summed E-state index contributed by atoms with van der Waals surface area (Å²) in [6.07, 6.45) is -13.2. The highest BCUT2D eigenvalue weighted by Crippen LogP contribution is 2.35. The third kappa shape index (κ3) is 16.7. The zero-order valence-electron chi connectivity index (χ0n) is 38.1. The maximum absolute atomic E-state index is 14.9. The van der Waals surface area contributed by atoms with Crippen LogP contribution < -0.4 is 20.9 Å². The second-order valence-electron chi connectivity index (χ2n) is 16.4. The van der Waals surface area contributed by atoms with E-state index in [1.165, 1.54) is 84.9 Å². The molecule has 0 aliphatic carbocycles. The first-order chi connectivity index (χ1) is 34.0. The van der Waals surface area contributed by atoms with Gasteiger partial charge in [-0.1, -0.05) is 60.7 Å². The van der Waals surface area contributed by atoms with Crippen LogP contribution in [0.1, 0.15) is 70.2 Å². The lowest BCUT2D eigenvalue weighted by Crippen LogP contribution is -2.21. The summed E-state index contributed by atoms with van der Waals surface area (Å²) in [4.78, 5) is 25.7. The molecule has 0 fully saturated rings. The zero-order chi connectivity index (χ0) is 52.1. The van der Waals surface area contributed by atoms with Crippen LogP contribution in [-0.2, 0) is 57.3 Å². The van der Waals surface area contributed by atoms with Gasteiger partial charge in [0.15, 0.2) is 0 Å². The minimum atomic E-state index is -4.30. The van der Waals surface area contributed by atoms with Crippen LogP contribution in [0.4, 0.5) is 55.3 Å². The molecule has 0 radical (unpaired) electrons. The number of alkyl halides is 10. The maximum Gasteiger partial charge on any atom is 0.426 e. The van der Waals surface area contributed by atoms with Crippen molar-refractivity contribution in [2.24, 2.45) is 0 Å². The molecule has 18 heteroatoms. The highest BCUT2D eigenvalue weighted by Gasteiger charge is 2.36. The Hall–Kier alpha value is -7.76. The van der Waals surface area contributed by atoms with Crippen molar-refractivity contribution >= 4 is 35.5 Å².